The van der Waals surface area contributed by atoms with E-state index in [4.69, 9.17) is 4.74 Å². The van der Waals surface area contributed by atoms with Crippen molar-refractivity contribution in [3.63, 3.8) is 0 Å². The van der Waals surface area contributed by atoms with Crippen molar-refractivity contribution < 1.29 is 19.4 Å². The Hall–Kier alpha value is -2.77. The number of esters is 1. The molecular formula is C18H16N2O6. The van der Waals surface area contributed by atoms with Gasteiger partial charge in [-0.05, 0) is 37.0 Å². The third kappa shape index (κ3) is 1.76. The van der Waals surface area contributed by atoms with E-state index in [2.05, 4.69) is 12.2 Å². The molecule has 3 saturated carbocycles. The Labute approximate surface area is 148 Å². The van der Waals surface area contributed by atoms with Gasteiger partial charge in [0.25, 0.3) is 11.4 Å². The third-order valence-corrected chi connectivity index (χ3v) is 7.00. The minimum Gasteiger partial charge on any atom is -0.457 e. The van der Waals surface area contributed by atoms with Gasteiger partial charge in [-0.15, -0.1) is 0 Å². The zero-order valence-electron chi connectivity index (χ0n) is 13.8. The van der Waals surface area contributed by atoms with Crippen molar-refractivity contribution in [1.82, 2.24) is 0 Å². The number of nitrogens with zero attached hydrogens (tertiary/aromatic N) is 2. The lowest BCUT2D eigenvalue weighted by Crippen LogP contribution is -2.35. The Morgan fingerprint density at radius 3 is 2.42 bits per heavy atom. The van der Waals surface area contributed by atoms with Gasteiger partial charge in [0.15, 0.2) is 0 Å². The van der Waals surface area contributed by atoms with Gasteiger partial charge in [-0.1, -0.05) is 12.2 Å². The molecule has 0 N–H and O–H groups in total. The number of rotatable bonds is 4. The standard InChI is InChI=1S/C18H16N2O6/c21-16(11-5-13(19(22)23)7-14(6-11)20(24)25)26-15-10-1-3-17(15)4-2-12-9-18(12,17)8-10/h1,3,5-7,10,12,15H,2,4,8-9H2/t10-,12-,15+,17+,18+/m0/s1. The molecule has 0 heterocycles. The number of carbonyl (C=O) groups excluding carboxylic acids is 1. The summed E-state index contributed by atoms with van der Waals surface area (Å²) in [6, 6.07) is 2.93. The maximum atomic E-state index is 12.7. The van der Waals surface area contributed by atoms with E-state index in [1.165, 1.54) is 6.42 Å². The average Bonchev–Trinajstić information content (AvgIpc) is 2.94. The highest BCUT2D eigenvalue weighted by atomic mass is 16.6. The number of non-ortho nitro benzene ring substituents is 2. The molecule has 1 aromatic rings. The fourth-order valence-corrected chi connectivity index (χ4v) is 5.87. The van der Waals surface area contributed by atoms with Crippen molar-refractivity contribution in [1.29, 1.82) is 0 Å². The molecule has 134 valence electrons. The molecule has 0 unspecified atom stereocenters. The van der Waals surface area contributed by atoms with Gasteiger partial charge in [-0.3, -0.25) is 20.2 Å². The molecule has 8 heteroatoms. The van der Waals surface area contributed by atoms with Crippen molar-refractivity contribution >= 4 is 17.3 Å². The molecule has 1 aromatic carbocycles. The summed E-state index contributed by atoms with van der Waals surface area (Å²) < 4.78 is 5.80. The second kappa shape index (κ2) is 4.69. The first-order valence-electron chi connectivity index (χ1n) is 8.70. The van der Waals surface area contributed by atoms with Gasteiger partial charge >= 0.3 is 5.97 Å². The first-order chi connectivity index (χ1) is 12.4. The van der Waals surface area contributed by atoms with Crippen LogP contribution in [0.3, 0.4) is 0 Å². The quantitative estimate of drug-likeness (QED) is 0.354. The van der Waals surface area contributed by atoms with Crippen molar-refractivity contribution in [3.8, 4) is 0 Å². The molecule has 4 aliphatic rings. The van der Waals surface area contributed by atoms with Crippen LogP contribution in [-0.4, -0.2) is 21.9 Å². The van der Waals surface area contributed by atoms with E-state index in [0.717, 1.165) is 43.4 Å². The number of hydrogen-bond acceptors (Lipinski definition) is 6. The Morgan fingerprint density at radius 2 is 1.81 bits per heavy atom. The molecule has 4 aliphatic carbocycles. The summed E-state index contributed by atoms with van der Waals surface area (Å²) in [6.45, 7) is 0. The molecule has 5 rings (SSSR count). The number of nitro groups is 2. The molecule has 0 aliphatic heterocycles. The van der Waals surface area contributed by atoms with Crippen LogP contribution in [0.2, 0.25) is 0 Å². The van der Waals surface area contributed by atoms with E-state index >= 15 is 0 Å². The summed E-state index contributed by atoms with van der Waals surface area (Å²) in [5.41, 5.74) is -0.961. The molecular weight excluding hydrogens is 340 g/mol. The molecule has 26 heavy (non-hydrogen) atoms. The van der Waals surface area contributed by atoms with E-state index in [-0.39, 0.29) is 28.4 Å². The predicted molar refractivity (Wildman–Crippen MR) is 88.4 cm³/mol. The first-order valence-corrected chi connectivity index (χ1v) is 8.70. The molecule has 3 fully saturated rings. The second-order valence-corrected chi connectivity index (χ2v) is 7.94. The Morgan fingerprint density at radius 1 is 1.12 bits per heavy atom. The van der Waals surface area contributed by atoms with Gasteiger partial charge < -0.3 is 4.74 Å². The van der Waals surface area contributed by atoms with Crippen LogP contribution >= 0.6 is 0 Å². The summed E-state index contributed by atoms with van der Waals surface area (Å²) in [7, 11) is 0. The van der Waals surface area contributed by atoms with Gasteiger partial charge in [-0.2, -0.15) is 0 Å². The van der Waals surface area contributed by atoms with Crippen LogP contribution in [0, 0.1) is 42.9 Å². The minimum absolute atomic E-state index is 0.107. The van der Waals surface area contributed by atoms with E-state index < -0.39 is 27.2 Å². The molecule has 5 atom stereocenters. The zero-order valence-corrected chi connectivity index (χ0v) is 13.8. The highest BCUT2D eigenvalue weighted by Gasteiger charge is 2.78. The Bertz CT molecular complexity index is 879. The van der Waals surface area contributed by atoms with Gasteiger partial charge in [-0.25, -0.2) is 4.79 Å². The SMILES string of the molecule is O=C(O[C@@H]1[C@H]2C=C[C@@]13CC[C@H]1C[C@]13C2)c1cc([N+](=O)[O-])cc([N+](=O)[O-])c1. The molecule has 8 nitrogen and oxygen atoms in total. The van der Waals surface area contributed by atoms with Crippen LogP contribution in [-0.2, 0) is 4.74 Å². The lowest BCUT2D eigenvalue weighted by molar-refractivity contribution is -0.394. The van der Waals surface area contributed by atoms with Crippen LogP contribution in [0.4, 0.5) is 11.4 Å². The predicted octanol–water partition coefficient (Wildman–Crippen LogP) is 3.40. The lowest BCUT2D eigenvalue weighted by Gasteiger charge is -2.33. The molecule has 0 radical (unpaired) electrons. The monoisotopic (exact) mass is 356 g/mol. The molecule has 2 spiro atoms. The van der Waals surface area contributed by atoms with E-state index in [1.807, 2.05) is 0 Å². The highest BCUT2D eigenvalue weighted by Crippen LogP contribution is 2.82. The van der Waals surface area contributed by atoms with Crippen LogP contribution in [0.25, 0.3) is 0 Å². The van der Waals surface area contributed by atoms with Crippen LogP contribution in [0.1, 0.15) is 36.0 Å². The van der Waals surface area contributed by atoms with Gasteiger partial charge in [0.1, 0.15) is 6.10 Å². The lowest BCUT2D eigenvalue weighted by atomic mass is 9.75. The summed E-state index contributed by atoms with van der Waals surface area (Å²) >= 11 is 0. The summed E-state index contributed by atoms with van der Waals surface area (Å²) in [4.78, 5) is 33.2. The van der Waals surface area contributed by atoms with E-state index in [1.54, 1.807) is 0 Å². The number of carbonyl (C=O) groups is 1. The highest BCUT2D eigenvalue weighted by molar-refractivity contribution is 5.91. The number of ether oxygens (including phenoxy) is 1. The van der Waals surface area contributed by atoms with Crippen molar-refractivity contribution in [2.45, 2.75) is 31.8 Å². The van der Waals surface area contributed by atoms with E-state index in [9.17, 15) is 25.0 Å². The fourth-order valence-electron chi connectivity index (χ4n) is 5.87. The Balaban J connectivity index is 1.45. The van der Waals surface area contributed by atoms with Crippen molar-refractivity contribution in [2.75, 3.05) is 0 Å². The summed E-state index contributed by atoms with van der Waals surface area (Å²) in [5.74, 6) is 0.173. The summed E-state index contributed by atoms with van der Waals surface area (Å²) in [6.07, 6.45) is 8.43. The van der Waals surface area contributed by atoms with Crippen LogP contribution in [0.15, 0.2) is 30.4 Å². The maximum absolute atomic E-state index is 12.7. The maximum Gasteiger partial charge on any atom is 0.338 e. The van der Waals surface area contributed by atoms with Crippen LogP contribution < -0.4 is 0 Å². The number of hydrogen-bond donors (Lipinski definition) is 0. The molecule has 0 saturated heterocycles. The fraction of sp³-hybridized carbons (Fsp3) is 0.500. The van der Waals surface area contributed by atoms with Gasteiger partial charge in [0.05, 0.1) is 21.5 Å². The third-order valence-electron chi connectivity index (χ3n) is 7.00. The number of benzene rings is 1. The average molecular weight is 356 g/mol. The number of fused-ring (bicyclic) bond motifs is 1. The zero-order chi connectivity index (χ0) is 18.3. The largest absolute Gasteiger partial charge is 0.457 e. The summed E-state index contributed by atoms with van der Waals surface area (Å²) in [5, 5.41) is 22.1. The molecule has 2 bridgehead atoms. The van der Waals surface area contributed by atoms with Crippen molar-refractivity contribution in [2.24, 2.45) is 22.7 Å². The minimum atomic E-state index is -0.746. The van der Waals surface area contributed by atoms with Crippen molar-refractivity contribution in [3.05, 3.63) is 56.1 Å². The van der Waals surface area contributed by atoms with Gasteiger partial charge in [0.2, 0.25) is 0 Å². The molecule has 0 aromatic heterocycles. The molecule has 0 amide bonds. The normalized spacial score (nSPS) is 37.9. The second-order valence-electron chi connectivity index (χ2n) is 7.94. The first kappa shape index (κ1) is 15.5. The topological polar surface area (TPSA) is 113 Å². The number of nitro benzene ring substituents is 2. The van der Waals surface area contributed by atoms with Gasteiger partial charge in [0, 0.05) is 23.5 Å². The van der Waals surface area contributed by atoms with E-state index in [0.29, 0.717) is 0 Å². The smallest absolute Gasteiger partial charge is 0.338 e. The van der Waals surface area contributed by atoms with Crippen LogP contribution in [0.5, 0.6) is 0 Å². The Kier molecular flexibility index (Phi) is 2.79.